The van der Waals surface area contributed by atoms with Gasteiger partial charge in [-0.2, -0.15) is 0 Å². The lowest BCUT2D eigenvalue weighted by molar-refractivity contribution is 0.487. The highest BCUT2D eigenvalue weighted by atomic mass is 35.5. The summed E-state index contributed by atoms with van der Waals surface area (Å²) in [6.45, 7) is 3.71. The molecule has 0 N–H and O–H groups in total. The van der Waals surface area contributed by atoms with Crippen molar-refractivity contribution in [2.24, 2.45) is 5.92 Å². The van der Waals surface area contributed by atoms with Crippen molar-refractivity contribution >= 4 is 11.6 Å². The van der Waals surface area contributed by atoms with E-state index in [1.54, 1.807) is 0 Å². The molecule has 0 saturated heterocycles. The Morgan fingerprint density at radius 2 is 2.27 bits per heavy atom. The van der Waals surface area contributed by atoms with Gasteiger partial charge in [-0.1, -0.05) is 12.5 Å². The molecule has 1 saturated carbocycles. The third-order valence-corrected chi connectivity index (χ3v) is 2.89. The molecule has 64 valence electrons. The zero-order valence-corrected chi connectivity index (χ0v) is 7.82. The van der Waals surface area contributed by atoms with Gasteiger partial charge >= 0.3 is 0 Å². The smallest absolute Gasteiger partial charge is 0.0338 e. The summed E-state index contributed by atoms with van der Waals surface area (Å²) in [4.78, 5) is 0. The Kier molecular flexibility index (Phi) is 3.99. The van der Waals surface area contributed by atoms with Crippen molar-refractivity contribution in [1.82, 2.24) is 0 Å². The highest BCUT2D eigenvalue weighted by molar-refractivity contribution is 6.20. The van der Waals surface area contributed by atoms with Gasteiger partial charge in [-0.3, -0.25) is 0 Å². The Balaban J connectivity index is 2.03. The van der Waals surface area contributed by atoms with E-state index < -0.39 is 0 Å². The molecule has 0 heterocycles. The van der Waals surface area contributed by atoms with Crippen LogP contribution in [0, 0.1) is 5.92 Å². The van der Waals surface area contributed by atoms with Gasteiger partial charge in [0.2, 0.25) is 0 Å². The number of hydrogen-bond acceptors (Lipinski definition) is 0. The lowest BCUT2D eigenvalue weighted by Gasteiger charge is -2.06. The van der Waals surface area contributed by atoms with Crippen molar-refractivity contribution in [1.29, 1.82) is 0 Å². The molecule has 0 amide bonds. The number of rotatable bonds is 4. The molecule has 0 bridgehead atoms. The van der Waals surface area contributed by atoms with Crippen LogP contribution >= 0.6 is 11.6 Å². The maximum absolute atomic E-state index is 6.00. The highest BCUT2D eigenvalue weighted by Gasteiger charge is 2.21. The second kappa shape index (κ2) is 4.82. The van der Waals surface area contributed by atoms with Crippen molar-refractivity contribution in [3.63, 3.8) is 0 Å². The van der Waals surface area contributed by atoms with Gasteiger partial charge in [-0.05, 0) is 38.0 Å². The minimum Gasteiger partial charge on any atom is -0.123 e. The quantitative estimate of drug-likeness (QED) is 0.344. The fourth-order valence-corrected chi connectivity index (χ4v) is 2.20. The van der Waals surface area contributed by atoms with Crippen LogP contribution in [-0.2, 0) is 0 Å². The fourth-order valence-electron chi connectivity index (χ4n) is 1.83. The Bertz CT molecular complexity index is 120. The van der Waals surface area contributed by atoms with E-state index in [4.69, 9.17) is 11.6 Å². The van der Waals surface area contributed by atoms with Crippen LogP contribution in [0.5, 0.6) is 0 Å². The lowest BCUT2D eigenvalue weighted by atomic mass is 10.0. The van der Waals surface area contributed by atoms with Gasteiger partial charge in [0.1, 0.15) is 0 Å². The van der Waals surface area contributed by atoms with E-state index in [0.717, 1.165) is 5.92 Å². The molecule has 0 aromatic heterocycles. The van der Waals surface area contributed by atoms with Gasteiger partial charge in [0.15, 0.2) is 0 Å². The van der Waals surface area contributed by atoms with Crippen LogP contribution in [0.15, 0.2) is 12.7 Å². The largest absolute Gasteiger partial charge is 0.123 e. The SMILES string of the molecule is C=CCCCC1CCC(Cl)C1. The zero-order valence-electron chi connectivity index (χ0n) is 7.06. The average Bonchev–Trinajstić information content (AvgIpc) is 2.37. The number of unbranched alkanes of at least 4 members (excludes halogenated alkanes) is 1. The third-order valence-electron chi connectivity index (χ3n) is 2.50. The van der Waals surface area contributed by atoms with E-state index >= 15 is 0 Å². The third kappa shape index (κ3) is 3.29. The van der Waals surface area contributed by atoms with Gasteiger partial charge in [0.05, 0.1) is 0 Å². The zero-order chi connectivity index (χ0) is 8.10. The number of hydrogen-bond donors (Lipinski definition) is 0. The molecule has 0 nitrogen and oxygen atoms in total. The first-order chi connectivity index (χ1) is 5.33. The predicted octanol–water partition coefficient (Wildman–Crippen LogP) is 3.75. The molecule has 2 atom stereocenters. The maximum Gasteiger partial charge on any atom is 0.0338 e. The molecule has 2 unspecified atom stereocenters. The van der Waals surface area contributed by atoms with E-state index in [-0.39, 0.29) is 0 Å². The van der Waals surface area contributed by atoms with Gasteiger partial charge < -0.3 is 0 Å². The minimum atomic E-state index is 0.476. The second-order valence-corrected chi connectivity index (χ2v) is 4.11. The predicted molar refractivity (Wildman–Crippen MR) is 51.0 cm³/mol. The fraction of sp³-hybridized carbons (Fsp3) is 0.800. The van der Waals surface area contributed by atoms with Crippen LogP contribution in [-0.4, -0.2) is 5.38 Å². The summed E-state index contributed by atoms with van der Waals surface area (Å²) in [5.41, 5.74) is 0. The minimum absolute atomic E-state index is 0.476. The van der Waals surface area contributed by atoms with Crippen LogP contribution < -0.4 is 0 Å². The van der Waals surface area contributed by atoms with Crippen molar-refractivity contribution in [2.75, 3.05) is 0 Å². The molecule has 1 aliphatic carbocycles. The number of halogens is 1. The van der Waals surface area contributed by atoms with E-state index in [1.807, 2.05) is 6.08 Å². The molecule has 0 radical (unpaired) electrons. The van der Waals surface area contributed by atoms with Gasteiger partial charge in [0, 0.05) is 5.38 Å². The molecule has 1 fully saturated rings. The van der Waals surface area contributed by atoms with Gasteiger partial charge in [-0.25, -0.2) is 0 Å². The average molecular weight is 173 g/mol. The molecular formula is C10H17Cl. The topological polar surface area (TPSA) is 0 Å². The van der Waals surface area contributed by atoms with Crippen LogP contribution in [0.1, 0.15) is 38.5 Å². The standard InChI is InChI=1S/C10H17Cl/c1-2-3-4-5-9-6-7-10(11)8-9/h2,9-10H,1,3-8H2. The Morgan fingerprint density at radius 3 is 2.82 bits per heavy atom. The first-order valence-electron chi connectivity index (χ1n) is 4.58. The van der Waals surface area contributed by atoms with Crippen molar-refractivity contribution in [3.8, 4) is 0 Å². The molecule has 0 spiro atoms. The molecule has 11 heavy (non-hydrogen) atoms. The van der Waals surface area contributed by atoms with Crippen molar-refractivity contribution in [2.45, 2.75) is 43.9 Å². The van der Waals surface area contributed by atoms with Gasteiger partial charge in [-0.15, -0.1) is 18.2 Å². The number of allylic oxidation sites excluding steroid dienone is 1. The summed E-state index contributed by atoms with van der Waals surface area (Å²) in [7, 11) is 0. The summed E-state index contributed by atoms with van der Waals surface area (Å²) in [5.74, 6) is 0.914. The second-order valence-electron chi connectivity index (χ2n) is 3.50. The summed E-state index contributed by atoms with van der Waals surface area (Å²) in [5, 5.41) is 0.476. The summed E-state index contributed by atoms with van der Waals surface area (Å²) >= 11 is 6.00. The Labute approximate surface area is 74.6 Å². The summed E-state index contributed by atoms with van der Waals surface area (Å²) in [6.07, 6.45) is 9.67. The normalized spacial score (nSPS) is 30.6. The molecule has 1 aliphatic rings. The molecular weight excluding hydrogens is 156 g/mol. The maximum atomic E-state index is 6.00. The van der Waals surface area contributed by atoms with E-state index in [9.17, 15) is 0 Å². The lowest BCUT2D eigenvalue weighted by Crippen LogP contribution is -1.94. The molecule has 0 aliphatic heterocycles. The summed E-state index contributed by atoms with van der Waals surface area (Å²) in [6, 6.07) is 0. The Morgan fingerprint density at radius 1 is 1.45 bits per heavy atom. The first-order valence-corrected chi connectivity index (χ1v) is 5.01. The molecule has 0 aromatic carbocycles. The van der Waals surface area contributed by atoms with Crippen LogP contribution in [0.3, 0.4) is 0 Å². The van der Waals surface area contributed by atoms with Crippen LogP contribution in [0.4, 0.5) is 0 Å². The summed E-state index contributed by atoms with van der Waals surface area (Å²) < 4.78 is 0. The van der Waals surface area contributed by atoms with Crippen molar-refractivity contribution in [3.05, 3.63) is 12.7 Å². The van der Waals surface area contributed by atoms with E-state index in [2.05, 4.69) is 6.58 Å². The monoisotopic (exact) mass is 172 g/mol. The highest BCUT2D eigenvalue weighted by Crippen LogP contribution is 2.32. The molecule has 1 rings (SSSR count). The van der Waals surface area contributed by atoms with E-state index in [0.29, 0.717) is 5.38 Å². The number of alkyl halides is 1. The molecule has 1 heteroatoms. The Hall–Kier alpha value is 0.0300. The van der Waals surface area contributed by atoms with Crippen LogP contribution in [0.2, 0.25) is 0 Å². The first kappa shape index (κ1) is 9.12. The van der Waals surface area contributed by atoms with Crippen LogP contribution in [0.25, 0.3) is 0 Å². The molecule has 0 aromatic rings. The van der Waals surface area contributed by atoms with Crippen molar-refractivity contribution < 1.29 is 0 Å². The van der Waals surface area contributed by atoms with Gasteiger partial charge in [0.25, 0.3) is 0 Å². The van der Waals surface area contributed by atoms with E-state index in [1.165, 1.54) is 38.5 Å².